The molecule has 0 fully saturated rings. The molecule has 1 aromatic carbocycles. The van der Waals surface area contributed by atoms with Gasteiger partial charge in [-0.2, -0.15) is 10.1 Å². The molecule has 0 aliphatic carbocycles. The van der Waals surface area contributed by atoms with E-state index in [9.17, 15) is 8.42 Å². The van der Waals surface area contributed by atoms with Gasteiger partial charge in [-0.25, -0.2) is 13.1 Å². The third-order valence-corrected chi connectivity index (χ3v) is 5.68. The van der Waals surface area contributed by atoms with Crippen molar-refractivity contribution in [2.75, 3.05) is 26.4 Å². The van der Waals surface area contributed by atoms with Gasteiger partial charge >= 0.3 is 0 Å². The molecule has 0 amide bonds. The standard InChI is InChI=1S/C17H22N8O2S/c1-12-16(20-22-17-18-13(2)19-21-17)11-25(23-12)14-5-7-15(8-6-14)28(26,27)10-9-24(3)4/h5-8,11H,9-10H2,1-4H3,(H,18,19,21). The summed E-state index contributed by atoms with van der Waals surface area (Å²) in [6, 6.07) is 6.62. The number of azo groups is 1. The van der Waals surface area contributed by atoms with E-state index in [1.165, 1.54) is 0 Å². The van der Waals surface area contributed by atoms with E-state index in [2.05, 4.69) is 30.5 Å². The van der Waals surface area contributed by atoms with Gasteiger partial charge in [0.05, 0.1) is 28.2 Å². The Morgan fingerprint density at radius 2 is 1.86 bits per heavy atom. The minimum Gasteiger partial charge on any atom is -0.308 e. The lowest BCUT2D eigenvalue weighted by Crippen LogP contribution is -2.21. The van der Waals surface area contributed by atoms with Crippen molar-refractivity contribution < 1.29 is 8.42 Å². The van der Waals surface area contributed by atoms with Gasteiger partial charge in [0.1, 0.15) is 11.5 Å². The maximum absolute atomic E-state index is 12.4. The van der Waals surface area contributed by atoms with E-state index >= 15 is 0 Å². The average molecular weight is 402 g/mol. The first-order chi connectivity index (χ1) is 13.2. The Hall–Kier alpha value is -2.92. The first kappa shape index (κ1) is 19.8. The minimum absolute atomic E-state index is 0.0749. The molecular weight excluding hydrogens is 380 g/mol. The molecule has 0 saturated carbocycles. The second-order valence-corrected chi connectivity index (χ2v) is 8.69. The van der Waals surface area contributed by atoms with Gasteiger partial charge in [0.2, 0.25) is 0 Å². The van der Waals surface area contributed by atoms with E-state index in [1.807, 2.05) is 25.9 Å². The smallest absolute Gasteiger partial charge is 0.287 e. The SMILES string of the molecule is Cc1nc(N=Nc2cn(-c3ccc(S(=O)(=O)CCN(C)C)cc3)nc2C)n[nH]1. The average Bonchev–Trinajstić information content (AvgIpc) is 3.24. The van der Waals surface area contributed by atoms with Crippen LogP contribution in [-0.2, 0) is 9.84 Å². The summed E-state index contributed by atoms with van der Waals surface area (Å²) < 4.78 is 26.4. The Labute approximate surface area is 163 Å². The van der Waals surface area contributed by atoms with Crippen LogP contribution in [-0.4, -0.2) is 64.7 Å². The van der Waals surface area contributed by atoms with Crippen molar-refractivity contribution in [3.8, 4) is 5.69 Å². The van der Waals surface area contributed by atoms with Gasteiger partial charge < -0.3 is 4.90 Å². The maximum Gasteiger partial charge on any atom is 0.287 e. The lowest BCUT2D eigenvalue weighted by molar-refractivity contribution is 0.432. The van der Waals surface area contributed by atoms with Gasteiger partial charge in [-0.1, -0.05) is 0 Å². The molecule has 0 aliphatic heterocycles. The summed E-state index contributed by atoms with van der Waals surface area (Å²) in [4.78, 5) is 6.20. The Morgan fingerprint density at radius 3 is 2.46 bits per heavy atom. The van der Waals surface area contributed by atoms with Gasteiger partial charge in [-0.15, -0.1) is 15.3 Å². The quantitative estimate of drug-likeness (QED) is 0.606. The predicted octanol–water partition coefficient (Wildman–Crippen LogP) is 2.36. The number of aromatic nitrogens is 5. The number of benzene rings is 1. The number of hydrogen-bond acceptors (Lipinski definition) is 8. The largest absolute Gasteiger partial charge is 0.308 e. The zero-order valence-electron chi connectivity index (χ0n) is 16.2. The van der Waals surface area contributed by atoms with Crippen molar-refractivity contribution in [3.63, 3.8) is 0 Å². The minimum atomic E-state index is -3.32. The molecule has 10 nitrogen and oxygen atoms in total. The van der Waals surface area contributed by atoms with Crippen LogP contribution in [0.3, 0.4) is 0 Å². The highest BCUT2D eigenvalue weighted by molar-refractivity contribution is 7.91. The van der Waals surface area contributed by atoms with Crippen LogP contribution in [0.4, 0.5) is 11.6 Å². The molecular formula is C17H22N8O2S. The van der Waals surface area contributed by atoms with E-state index in [4.69, 9.17) is 0 Å². The van der Waals surface area contributed by atoms with Crippen LogP contribution in [0.5, 0.6) is 0 Å². The topological polar surface area (TPSA) is 121 Å². The Bertz CT molecular complexity index is 1080. The first-order valence-corrected chi connectivity index (χ1v) is 10.2. The second kappa shape index (κ2) is 7.98. The molecule has 28 heavy (non-hydrogen) atoms. The molecule has 3 aromatic rings. The van der Waals surface area contributed by atoms with Crippen molar-refractivity contribution in [1.82, 2.24) is 29.9 Å². The normalized spacial score (nSPS) is 12.3. The lowest BCUT2D eigenvalue weighted by Gasteiger charge is -2.10. The molecule has 0 unspecified atom stereocenters. The molecule has 0 atom stereocenters. The maximum atomic E-state index is 12.4. The summed E-state index contributed by atoms with van der Waals surface area (Å²) in [5.41, 5.74) is 1.98. The Balaban J connectivity index is 1.78. The van der Waals surface area contributed by atoms with Crippen molar-refractivity contribution in [1.29, 1.82) is 0 Å². The number of aryl methyl sites for hydroxylation is 2. The van der Waals surface area contributed by atoms with Crippen LogP contribution in [0.1, 0.15) is 11.5 Å². The molecule has 0 radical (unpaired) electrons. The Morgan fingerprint density at radius 1 is 1.14 bits per heavy atom. The number of nitrogens with one attached hydrogen (secondary N) is 1. The summed E-state index contributed by atoms with van der Waals surface area (Å²) in [5.74, 6) is 0.977. The molecule has 1 N–H and O–H groups in total. The van der Waals surface area contributed by atoms with Crippen molar-refractivity contribution >= 4 is 21.5 Å². The molecule has 0 saturated heterocycles. The lowest BCUT2D eigenvalue weighted by atomic mass is 10.3. The van der Waals surface area contributed by atoms with Crippen molar-refractivity contribution in [3.05, 3.63) is 42.0 Å². The van der Waals surface area contributed by atoms with Gasteiger partial charge in [-0.05, 0) is 52.2 Å². The van der Waals surface area contributed by atoms with E-state index < -0.39 is 9.84 Å². The van der Waals surface area contributed by atoms with Crippen LogP contribution in [0, 0.1) is 13.8 Å². The fourth-order valence-electron chi connectivity index (χ4n) is 2.38. The molecule has 2 aromatic heterocycles. The van der Waals surface area contributed by atoms with Gasteiger partial charge in [-0.3, -0.25) is 5.10 Å². The van der Waals surface area contributed by atoms with E-state index in [1.54, 1.807) is 42.1 Å². The molecule has 2 heterocycles. The van der Waals surface area contributed by atoms with Gasteiger partial charge in [0.15, 0.2) is 9.84 Å². The number of hydrogen-bond donors (Lipinski definition) is 1. The van der Waals surface area contributed by atoms with Crippen LogP contribution in [0.25, 0.3) is 5.69 Å². The van der Waals surface area contributed by atoms with Crippen molar-refractivity contribution in [2.45, 2.75) is 18.7 Å². The highest BCUT2D eigenvalue weighted by Crippen LogP contribution is 2.22. The van der Waals surface area contributed by atoms with Gasteiger partial charge in [0, 0.05) is 6.54 Å². The summed E-state index contributed by atoms with van der Waals surface area (Å²) >= 11 is 0. The third kappa shape index (κ3) is 4.67. The fraction of sp³-hybridized carbons (Fsp3) is 0.353. The van der Waals surface area contributed by atoms with Crippen LogP contribution in [0.15, 0.2) is 45.6 Å². The van der Waals surface area contributed by atoms with E-state index in [0.717, 1.165) is 5.69 Å². The summed E-state index contributed by atoms with van der Waals surface area (Å²) in [6.45, 7) is 4.06. The molecule has 148 valence electrons. The van der Waals surface area contributed by atoms with Crippen molar-refractivity contribution in [2.24, 2.45) is 10.2 Å². The summed E-state index contributed by atoms with van der Waals surface area (Å²) in [7, 11) is 0.372. The van der Waals surface area contributed by atoms with E-state index in [0.29, 0.717) is 28.6 Å². The van der Waals surface area contributed by atoms with E-state index in [-0.39, 0.29) is 11.7 Å². The molecule has 3 rings (SSSR count). The fourth-order valence-corrected chi connectivity index (χ4v) is 3.77. The third-order valence-electron chi connectivity index (χ3n) is 3.97. The molecule has 0 spiro atoms. The number of nitrogens with zero attached hydrogens (tertiary/aromatic N) is 7. The number of rotatable bonds is 7. The second-order valence-electron chi connectivity index (χ2n) is 6.58. The molecule has 0 aliphatic rings. The molecule has 11 heteroatoms. The van der Waals surface area contributed by atoms with Gasteiger partial charge in [0.25, 0.3) is 5.95 Å². The zero-order chi connectivity index (χ0) is 20.3. The number of H-pyrrole nitrogens is 1. The van der Waals surface area contributed by atoms with Crippen LogP contribution in [0.2, 0.25) is 0 Å². The Kier molecular flexibility index (Phi) is 5.66. The number of sulfone groups is 1. The van der Waals surface area contributed by atoms with Crippen LogP contribution < -0.4 is 0 Å². The highest BCUT2D eigenvalue weighted by Gasteiger charge is 2.15. The first-order valence-electron chi connectivity index (χ1n) is 8.59. The highest BCUT2D eigenvalue weighted by atomic mass is 32.2. The predicted molar refractivity (Wildman–Crippen MR) is 104 cm³/mol. The summed E-state index contributed by atoms with van der Waals surface area (Å²) in [6.07, 6.45) is 1.72. The monoisotopic (exact) mass is 402 g/mol. The summed E-state index contributed by atoms with van der Waals surface area (Å²) in [5, 5.41) is 19.1. The zero-order valence-corrected chi connectivity index (χ0v) is 17.0. The number of aromatic amines is 1. The van der Waals surface area contributed by atoms with Crippen LogP contribution >= 0.6 is 0 Å². The molecule has 0 bridgehead atoms.